The van der Waals surface area contributed by atoms with E-state index in [0.29, 0.717) is 11.0 Å². The maximum Gasteiger partial charge on any atom is 0.138 e. The Hall–Kier alpha value is -0.870. The molecule has 4 nitrogen and oxygen atoms in total. The summed E-state index contributed by atoms with van der Waals surface area (Å²) in [7, 11) is 0. The number of aromatic nitrogens is 2. The Kier molecular flexibility index (Phi) is 4.55. The molecule has 0 bridgehead atoms. The summed E-state index contributed by atoms with van der Waals surface area (Å²) in [5.41, 5.74) is 0.955. The van der Waals surface area contributed by atoms with Gasteiger partial charge >= 0.3 is 0 Å². The molecule has 0 spiro atoms. The quantitative estimate of drug-likeness (QED) is 0.792. The van der Waals surface area contributed by atoms with Gasteiger partial charge < -0.3 is 10.4 Å². The first-order valence-electron chi connectivity index (χ1n) is 7.34. The summed E-state index contributed by atoms with van der Waals surface area (Å²) in [6.45, 7) is 8.75. The number of nitrogens with one attached hydrogen (secondary N) is 1. The molecule has 0 amide bonds. The minimum Gasteiger partial charge on any atom is -0.392 e. The number of aliphatic hydroxyl groups excluding tert-OH is 1. The van der Waals surface area contributed by atoms with Crippen LogP contribution in [0.3, 0.4) is 0 Å². The monoisotopic (exact) mass is 297 g/mol. The van der Waals surface area contributed by atoms with E-state index in [0.717, 1.165) is 37.2 Å². The Morgan fingerprint density at radius 2 is 2.00 bits per heavy atom. The highest BCUT2D eigenvalue weighted by molar-refractivity contribution is 6.30. The molecule has 1 aromatic heterocycles. The van der Waals surface area contributed by atoms with E-state index in [9.17, 15) is 5.11 Å². The molecular formula is C15H24ClN3O. The number of rotatable bonds is 6. The van der Waals surface area contributed by atoms with E-state index in [1.54, 1.807) is 0 Å². The fourth-order valence-corrected chi connectivity index (χ4v) is 3.07. The van der Waals surface area contributed by atoms with Crippen molar-refractivity contribution < 1.29 is 5.11 Å². The third kappa shape index (κ3) is 3.07. The summed E-state index contributed by atoms with van der Waals surface area (Å²) in [5.74, 6) is 1.76. The predicted octanol–water partition coefficient (Wildman–Crippen LogP) is 3.21. The van der Waals surface area contributed by atoms with Crippen molar-refractivity contribution in [3.63, 3.8) is 0 Å². The van der Waals surface area contributed by atoms with Crippen LogP contribution in [0, 0.1) is 18.3 Å². The van der Waals surface area contributed by atoms with Gasteiger partial charge in [-0.05, 0) is 32.1 Å². The number of hydrogen-bond donors (Lipinski definition) is 2. The molecule has 1 aliphatic rings. The predicted molar refractivity (Wildman–Crippen MR) is 82.2 cm³/mol. The van der Waals surface area contributed by atoms with Crippen molar-refractivity contribution >= 4 is 17.4 Å². The zero-order chi connectivity index (χ0) is 14.9. The number of nitrogens with zero attached hydrogens (tertiary/aromatic N) is 2. The van der Waals surface area contributed by atoms with E-state index in [1.807, 2.05) is 13.8 Å². The number of aliphatic hydroxyl groups is 1. The van der Waals surface area contributed by atoms with Gasteiger partial charge in [0.25, 0.3) is 0 Å². The molecule has 2 rings (SSSR count). The van der Waals surface area contributed by atoms with E-state index >= 15 is 0 Å². The first kappa shape index (κ1) is 15.5. The van der Waals surface area contributed by atoms with Crippen LogP contribution in [0.2, 0.25) is 5.15 Å². The molecule has 0 aromatic carbocycles. The molecular weight excluding hydrogens is 274 g/mol. The lowest BCUT2D eigenvalue weighted by atomic mass is 9.90. The van der Waals surface area contributed by atoms with Crippen molar-refractivity contribution in [3.8, 4) is 0 Å². The molecule has 1 fully saturated rings. The lowest BCUT2D eigenvalue weighted by Crippen LogP contribution is -2.33. The Bertz CT molecular complexity index is 486. The van der Waals surface area contributed by atoms with Crippen LogP contribution in [0.4, 0.5) is 5.82 Å². The molecule has 1 saturated carbocycles. The second-order valence-electron chi connectivity index (χ2n) is 6.15. The molecule has 20 heavy (non-hydrogen) atoms. The Labute approximate surface area is 126 Å². The van der Waals surface area contributed by atoms with E-state index in [1.165, 1.54) is 0 Å². The van der Waals surface area contributed by atoms with Crippen LogP contribution >= 0.6 is 11.6 Å². The lowest BCUT2D eigenvalue weighted by Gasteiger charge is -2.26. The highest BCUT2D eigenvalue weighted by Crippen LogP contribution is 2.50. The topological polar surface area (TPSA) is 58.0 Å². The van der Waals surface area contributed by atoms with Gasteiger partial charge in [-0.2, -0.15) is 0 Å². The fraction of sp³-hybridized carbons (Fsp3) is 0.733. The van der Waals surface area contributed by atoms with E-state index in [4.69, 9.17) is 11.6 Å². The summed E-state index contributed by atoms with van der Waals surface area (Å²) in [6, 6.07) is 0. The maximum atomic E-state index is 10.3. The molecule has 2 N–H and O–H groups in total. The zero-order valence-corrected chi connectivity index (χ0v) is 13.5. The molecule has 1 heterocycles. The van der Waals surface area contributed by atoms with Crippen LogP contribution in [-0.2, 0) is 6.42 Å². The minimum absolute atomic E-state index is 0.00447. The molecule has 0 saturated heterocycles. The minimum atomic E-state index is -0.265. The smallest absolute Gasteiger partial charge is 0.138 e. The molecule has 1 atom stereocenters. The van der Waals surface area contributed by atoms with Crippen molar-refractivity contribution in [1.82, 2.24) is 9.97 Å². The van der Waals surface area contributed by atoms with Crippen LogP contribution in [0.1, 0.15) is 45.0 Å². The Balaban J connectivity index is 2.12. The number of halogens is 1. The summed E-state index contributed by atoms with van der Waals surface area (Å²) in [6.07, 6.45) is 2.66. The van der Waals surface area contributed by atoms with Crippen LogP contribution in [0.5, 0.6) is 0 Å². The van der Waals surface area contributed by atoms with Crippen molar-refractivity contribution in [1.29, 1.82) is 0 Å². The van der Waals surface area contributed by atoms with Crippen LogP contribution in [0.15, 0.2) is 0 Å². The van der Waals surface area contributed by atoms with Crippen LogP contribution in [-0.4, -0.2) is 27.7 Å². The summed E-state index contributed by atoms with van der Waals surface area (Å²) in [5, 5.41) is 14.2. The average molecular weight is 298 g/mol. The second-order valence-corrected chi connectivity index (χ2v) is 6.51. The number of hydrogen-bond acceptors (Lipinski definition) is 4. The van der Waals surface area contributed by atoms with Gasteiger partial charge in [0, 0.05) is 17.5 Å². The normalized spacial score (nSPS) is 18.1. The largest absolute Gasteiger partial charge is 0.392 e. The van der Waals surface area contributed by atoms with Crippen molar-refractivity contribution in [2.45, 2.75) is 53.1 Å². The third-order valence-electron chi connectivity index (χ3n) is 4.18. The van der Waals surface area contributed by atoms with Crippen molar-refractivity contribution in [3.05, 3.63) is 16.5 Å². The average Bonchev–Trinajstić information content (AvgIpc) is 3.16. The van der Waals surface area contributed by atoms with Crippen LogP contribution in [0.25, 0.3) is 0 Å². The summed E-state index contributed by atoms with van der Waals surface area (Å²) >= 11 is 6.17. The Morgan fingerprint density at radius 1 is 1.35 bits per heavy atom. The van der Waals surface area contributed by atoms with Gasteiger partial charge in [-0.1, -0.05) is 32.4 Å². The molecule has 0 unspecified atom stereocenters. The maximum absolute atomic E-state index is 10.3. The molecule has 0 aliphatic heterocycles. The standard InChI is InChI=1S/C15H24ClN3O/c1-5-11-13(16)18-10(4)19-14(11)17-8-15(6-7-15)12(20)9(2)3/h9,12,20H,5-8H2,1-4H3,(H,17,18,19)/t12-/m0/s1. The highest BCUT2D eigenvalue weighted by Gasteiger charge is 2.49. The van der Waals surface area contributed by atoms with E-state index in [2.05, 4.69) is 29.1 Å². The molecule has 1 aliphatic carbocycles. The summed E-state index contributed by atoms with van der Waals surface area (Å²) < 4.78 is 0. The first-order valence-corrected chi connectivity index (χ1v) is 7.72. The van der Waals surface area contributed by atoms with Gasteiger partial charge in [0.1, 0.15) is 16.8 Å². The third-order valence-corrected chi connectivity index (χ3v) is 4.49. The molecule has 1 aromatic rings. The second kappa shape index (κ2) is 5.86. The Morgan fingerprint density at radius 3 is 2.50 bits per heavy atom. The van der Waals surface area contributed by atoms with Gasteiger partial charge in [0.05, 0.1) is 6.10 Å². The molecule has 112 valence electrons. The van der Waals surface area contributed by atoms with Gasteiger partial charge in [-0.15, -0.1) is 0 Å². The highest BCUT2D eigenvalue weighted by atomic mass is 35.5. The van der Waals surface area contributed by atoms with Crippen molar-refractivity contribution in [2.75, 3.05) is 11.9 Å². The van der Waals surface area contributed by atoms with Crippen molar-refractivity contribution in [2.24, 2.45) is 11.3 Å². The zero-order valence-electron chi connectivity index (χ0n) is 12.7. The lowest BCUT2D eigenvalue weighted by molar-refractivity contribution is 0.0566. The van der Waals surface area contributed by atoms with E-state index in [-0.39, 0.29) is 17.4 Å². The van der Waals surface area contributed by atoms with Gasteiger partial charge in [-0.3, -0.25) is 0 Å². The number of anilines is 1. The van der Waals surface area contributed by atoms with E-state index < -0.39 is 0 Å². The van der Waals surface area contributed by atoms with Crippen LogP contribution < -0.4 is 5.32 Å². The number of aryl methyl sites for hydroxylation is 1. The first-order chi connectivity index (χ1) is 9.39. The summed E-state index contributed by atoms with van der Waals surface area (Å²) in [4.78, 5) is 8.64. The molecule has 5 heteroatoms. The fourth-order valence-electron chi connectivity index (χ4n) is 2.73. The molecule has 0 radical (unpaired) electrons. The van der Waals surface area contributed by atoms with Gasteiger partial charge in [-0.25, -0.2) is 9.97 Å². The SMILES string of the molecule is CCc1c(Cl)nc(C)nc1NCC1([C@@H](O)C(C)C)CC1. The van der Waals surface area contributed by atoms with Gasteiger partial charge in [0.15, 0.2) is 0 Å². The van der Waals surface area contributed by atoms with Gasteiger partial charge in [0.2, 0.25) is 0 Å².